The maximum absolute atomic E-state index is 5.61. The molecule has 1 aromatic carbocycles. The van der Waals surface area contributed by atoms with Gasteiger partial charge in [-0.25, -0.2) is 0 Å². The van der Waals surface area contributed by atoms with Gasteiger partial charge in [0, 0.05) is 26.7 Å². The van der Waals surface area contributed by atoms with Gasteiger partial charge in [0.25, 0.3) is 0 Å². The van der Waals surface area contributed by atoms with Crippen LogP contribution < -0.4 is 10.6 Å². The van der Waals surface area contributed by atoms with Crippen LogP contribution in [0.1, 0.15) is 37.8 Å². The van der Waals surface area contributed by atoms with E-state index < -0.39 is 0 Å². The third-order valence-corrected chi connectivity index (χ3v) is 3.34. The van der Waals surface area contributed by atoms with Crippen molar-refractivity contribution in [3.63, 3.8) is 0 Å². The van der Waals surface area contributed by atoms with E-state index in [-0.39, 0.29) is 0 Å². The number of ether oxygens (including phenoxy) is 2. The van der Waals surface area contributed by atoms with Crippen molar-refractivity contribution in [1.82, 2.24) is 10.6 Å². The van der Waals surface area contributed by atoms with Gasteiger partial charge in [-0.05, 0) is 24.5 Å². The predicted molar refractivity (Wildman–Crippen MR) is 95.7 cm³/mol. The van der Waals surface area contributed by atoms with Crippen molar-refractivity contribution < 1.29 is 9.47 Å². The van der Waals surface area contributed by atoms with Crippen molar-refractivity contribution in [2.45, 2.75) is 39.8 Å². The number of hydrogen-bond donors (Lipinski definition) is 2. The molecule has 0 heterocycles. The average molecular weight is 321 g/mol. The van der Waals surface area contributed by atoms with Gasteiger partial charge in [0.05, 0.1) is 19.8 Å². The molecule has 2 N–H and O–H groups in total. The van der Waals surface area contributed by atoms with Gasteiger partial charge in [-0.2, -0.15) is 0 Å². The summed E-state index contributed by atoms with van der Waals surface area (Å²) in [5, 5.41) is 6.64. The van der Waals surface area contributed by atoms with Crippen molar-refractivity contribution in [2.24, 2.45) is 4.99 Å². The Morgan fingerprint density at radius 1 is 1.09 bits per heavy atom. The Labute approximate surface area is 140 Å². The molecule has 0 atom stereocenters. The smallest absolute Gasteiger partial charge is 0.191 e. The topological polar surface area (TPSA) is 54.9 Å². The van der Waals surface area contributed by atoms with Gasteiger partial charge in [0.1, 0.15) is 0 Å². The number of aliphatic imine (C=N–C) groups is 1. The summed E-state index contributed by atoms with van der Waals surface area (Å²) in [5.41, 5.74) is 2.39. The fraction of sp³-hybridized carbons (Fsp3) is 0.611. The molecule has 5 heteroatoms. The molecule has 0 amide bonds. The first-order chi connectivity index (χ1) is 11.3. The second-order valence-corrected chi connectivity index (χ2v) is 5.28. The molecule has 0 fully saturated rings. The summed E-state index contributed by atoms with van der Waals surface area (Å²) in [5.74, 6) is 0.844. The third kappa shape index (κ3) is 9.21. The molecule has 0 aliphatic rings. The molecule has 23 heavy (non-hydrogen) atoms. The summed E-state index contributed by atoms with van der Waals surface area (Å²) in [7, 11) is 1.80. The van der Waals surface area contributed by atoms with E-state index in [4.69, 9.17) is 9.47 Å². The molecular weight excluding hydrogens is 290 g/mol. The van der Waals surface area contributed by atoms with Crippen LogP contribution in [0.15, 0.2) is 29.3 Å². The summed E-state index contributed by atoms with van der Waals surface area (Å²) in [6.07, 6.45) is 2.32. The summed E-state index contributed by atoms with van der Waals surface area (Å²) in [6, 6.07) is 8.41. The molecule has 0 bridgehead atoms. The van der Waals surface area contributed by atoms with Crippen LogP contribution in [0.4, 0.5) is 0 Å². The first-order valence-corrected chi connectivity index (χ1v) is 8.48. The highest BCUT2D eigenvalue weighted by Crippen LogP contribution is 2.06. The number of nitrogens with one attached hydrogen (secondary N) is 2. The zero-order valence-corrected chi connectivity index (χ0v) is 14.7. The lowest BCUT2D eigenvalue weighted by Crippen LogP contribution is -2.37. The first kappa shape index (κ1) is 19.5. The highest BCUT2D eigenvalue weighted by atomic mass is 16.5. The molecule has 0 aliphatic carbocycles. The Morgan fingerprint density at radius 2 is 1.87 bits per heavy atom. The number of unbranched alkanes of at least 4 members (excludes halogenated alkanes) is 1. The summed E-state index contributed by atoms with van der Waals surface area (Å²) in [6.45, 7) is 8.49. The molecule has 5 nitrogen and oxygen atoms in total. The molecule has 0 aromatic heterocycles. The minimum Gasteiger partial charge on any atom is -0.379 e. The normalized spacial score (nSPS) is 11.5. The highest BCUT2D eigenvalue weighted by molar-refractivity contribution is 5.79. The van der Waals surface area contributed by atoms with Crippen LogP contribution in [-0.2, 0) is 22.6 Å². The van der Waals surface area contributed by atoms with Crippen LogP contribution >= 0.6 is 0 Å². The SMILES string of the molecule is CCCCNC(=NC)NCc1cccc(COCCOCC)c1. The number of nitrogens with zero attached hydrogens (tertiary/aromatic N) is 1. The van der Waals surface area contributed by atoms with Gasteiger partial charge < -0.3 is 20.1 Å². The largest absolute Gasteiger partial charge is 0.379 e. The average Bonchev–Trinajstić information content (AvgIpc) is 2.58. The highest BCUT2D eigenvalue weighted by Gasteiger charge is 2.00. The second kappa shape index (κ2) is 12.9. The third-order valence-electron chi connectivity index (χ3n) is 3.34. The standard InChI is InChI=1S/C18H31N3O2/c1-4-6-10-20-18(19-3)21-14-16-8-7-9-17(13-16)15-23-12-11-22-5-2/h7-9,13H,4-6,10-12,14-15H2,1-3H3,(H2,19,20,21). The van der Waals surface area contributed by atoms with E-state index in [1.54, 1.807) is 7.05 Å². The van der Waals surface area contributed by atoms with E-state index in [1.165, 1.54) is 17.5 Å². The molecule has 0 saturated heterocycles. The molecule has 0 spiro atoms. The zero-order valence-electron chi connectivity index (χ0n) is 14.7. The van der Waals surface area contributed by atoms with Crippen molar-refractivity contribution in [1.29, 1.82) is 0 Å². The number of hydrogen-bond acceptors (Lipinski definition) is 3. The van der Waals surface area contributed by atoms with Crippen molar-refractivity contribution in [2.75, 3.05) is 33.4 Å². The lowest BCUT2D eigenvalue weighted by Gasteiger charge is -2.12. The Kier molecular flexibility index (Phi) is 10.9. The van der Waals surface area contributed by atoms with E-state index in [0.717, 1.165) is 32.1 Å². The van der Waals surface area contributed by atoms with Gasteiger partial charge in [-0.15, -0.1) is 0 Å². The molecule has 1 aromatic rings. The fourth-order valence-electron chi connectivity index (χ4n) is 2.07. The first-order valence-electron chi connectivity index (χ1n) is 8.48. The van der Waals surface area contributed by atoms with Crippen LogP contribution in [0.5, 0.6) is 0 Å². The van der Waals surface area contributed by atoms with Crippen LogP contribution in [0.25, 0.3) is 0 Å². The monoisotopic (exact) mass is 321 g/mol. The van der Waals surface area contributed by atoms with Gasteiger partial charge in [0.15, 0.2) is 5.96 Å². The van der Waals surface area contributed by atoms with Gasteiger partial charge in [-0.3, -0.25) is 4.99 Å². The number of benzene rings is 1. The van der Waals surface area contributed by atoms with Crippen LogP contribution in [-0.4, -0.2) is 39.4 Å². The number of guanidine groups is 1. The Balaban J connectivity index is 2.35. The van der Waals surface area contributed by atoms with E-state index in [1.807, 2.05) is 6.92 Å². The maximum atomic E-state index is 5.61. The quantitative estimate of drug-likeness (QED) is 0.374. The lowest BCUT2D eigenvalue weighted by atomic mass is 10.1. The van der Waals surface area contributed by atoms with Gasteiger partial charge >= 0.3 is 0 Å². The molecule has 0 aliphatic heterocycles. The van der Waals surface area contributed by atoms with Crippen LogP contribution in [0.2, 0.25) is 0 Å². The van der Waals surface area contributed by atoms with Crippen LogP contribution in [0, 0.1) is 0 Å². The Hall–Kier alpha value is -1.59. The summed E-state index contributed by atoms with van der Waals surface area (Å²) < 4.78 is 10.9. The van der Waals surface area contributed by atoms with E-state index in [9.17, 15) is 0 Å². The Morgan fingerprint density at radius 3 is 2.61 bits per heavy atom. The van der Waals surface area contributed by atoms with E-state index >= 15 is 0 Å². The second-order valence-electron chi connectivity index (χ2n) is 5.28. The van der Waals surface area contributed by atoms with Gasteiger partial charge in [-0.1, -0.05) is 37.6 Å². The Bertz CT molecular complexity index is 450. The van der Waals surface area contributed by atoms with Gasteiger partial charge in [0.2, 0.25) is 0 Å². The lowest BCUT2D eigenvalue weighted by molar-refractivity contribution is 0.0453. The van der Waals surface area contributed by atoms with E-state index in [0.29, 0.717) is 19.8 Å². The van der Waals surface area contributed by atoms with Crippen molar-refractivity contribution in [3.05, 3.63) is 35.4 Å². The number of rotatable bonds is 11. The summed E-state index contributed by atoms with van der Waals surface area (Å²) in [4.78, 5) is 4.23. The molecular formula is C18H31N3O2. The molecule has 0 unspecified atom stereocenters. The van der Waals surface area contributed by atoms with Crippen molar-refractivity contribution >= 4 is 5.96 Å². The molecule has 130 valence electrons. The minimum atomic E-state index is 0.615. The minimum absolute atomic E-state index is 0.615. The molecule has 1 rings (SSSR count). The van der Waals surface area contributed by atoms with E-state index in [2.05, 4.69) is 46.8 Å². The summed E-state index contributed by atoms with van der Waals surface area (Å²) >= 11 is 0. The molecule has 0 radical (unpaired) electrons. The molecule has 0 saturated carbocycles. The zero-order chi connectivity index (χ0) is 16.8. The predicted octanol–water partition coefficient (Wildman–Crippen LogP) is 2.70. The fourth-order valence-corrected chi connectivity index (χ4v) is 2.07. The van der Waals surface area contributed by atoms with Crippen molar-refractivity contribution in [3.8, 4) is 0 Å². The maximum Gasteiger partial charge on any atom is 0.191 e. The van der Waals surface area contributed by atoms with Crippen LogP contribution in [0.3, 0.4) is 0 Å².